The van der Waals surface area contributed by atoms with Crippen LogP contribution in [-0.2, 0) is 4.79 Å². The maximum Gasteiger partial charge on any atom is 0.325 e. The Bertz CT molecular complexity index is 343. The lowest BCUT2D eigenvalue weighted by molar-refractivity contribution is -0.138. The quantitative estimate of drug-likeness (QED) is 0.741. The molecule has 1 atom stereocenters. The average Bonchev–Trinajstić information content (AvgIpc) is 2.08. The summed E-state index contributed by atoms with van der Waals surface area (Å²) in [5.74, 6) is -1.14. The summed E-state index contributed by atoms with van der Waals surface area (Å²) in [7, 11) is 0. The number of aliphatic carboxylic acids is 1. The minimum absolute atomic E-state index is 0.128. The van der Waals surface area contributed by atoms with E-state index in [1.54, 1.807) is 0 Å². The van der Waals surface area contributed by atoms with E-state index in [2.05, 4.69) is 4.98 Å². The summed E-state index contributed by atoms with van der Waals surface area (Å²) < 4.78 is 0. The Balaban J connectivity index is 3.03. The normalized spacial score (nSPS) is 12.5. The van der Waals surface area contributed by atoms with Crippen LogP contribution < -0.4 is 5.73 Å². The van der Waals surface area contributed by atoms with Crippen LogP contribution in [-0.4, -0.2) is 16.1 Å². The number of carbonyl (C=O) groups is 1. The Labute approximate surface area is 84.3 Å². The maximum absolute atomic E-state index is 10.5. The number of nitrogens with two attached hydrogens (primary N) is 1. The van der Waals surface area contributed by atoms with Crippen LogP contribution in [0.25, 0.3) is 0 Å². The number of nitrogens with zero attached hydrogens (tertiary/aromatic N) is 1. The van der Waals surface area contributed by atoms with Crippen LogP contribution in [0.15, 0.2) is 12.3 Å². The number of halogens is 2. The third kappa shape index (κ3) is 2.30. The number of carboxylic acid groups (broad SMARTS) is 1. The average molecular weight is 221 g/mol. The molecule has 0 fully saturated rings. The first-order chi connectivity index (χ1) is 6.02. The van der Waals surface area contributed by atoms with Crippen molar-refractivity contribution in [2.45, 2.75) is 6.04 Å². The summed E-state index contributed by atoms with van der Waals surface area (Å²) in [6.07, 6.45) is 1.28. The number of carboxylic acids is 1. The van der Waals surface area contributed by atoms with E-state index in [9.17, 15) is 4.79 Å². The van der Waals surface area contributed by atoms with E-state index in [1.807, 2.05) is 0 Å². The first-order valence-electron chi connectivity index (χ1n) is 3.31. The van der Waals surface area contributed by atoms with Crippen LogP contribution in [0.5, 0.6) is 0 Å². The number of hydrogen-bond donors (Lipinski definition) is 2. The highest BCUT2D eigenvalue weighted by Gasteiger charge is 2.15. The Hall–Kier alpha value is -0.840. The summed E-state index contributed by atoms with van der Waals surface area (Å²) >= 11 is 11.2. The summed E-state index contributed by atoms with van der Waals surface area (Å²) in [4.78, 5) is 14.1. The molecule has 3 N–H and O–H groups in total. The molecule has 70 valence electrons. The fraction of sp³-hybridized carbons (Fsp3) is 0.143. The highest BCUT2D eigenvalue weighted by Crippen LogP contribution is 2.22. The number of hydrogen-bond acceptors (Lipinski definition) is 3. The van der Waals surface area contributed by atoms with Crippen molar-refractivity contribution in [3.63, 3.8) is 0 Å². The first kappa shape index (κ1) is 10.2. The molecule has 0 spiro atoms. The van der Waals surface area contributed by atoms with Gasteiger partial charge in [-0.3, -0.25) is 4.79 Å². The van der Waals surface area contributed by atoms with Crippen LogP contribution in [0.4, 0.5) is 0 Å². The fourth-order valence-electron chi connectivity index (χ4n) is 0.749. The van der Waals surface area contributed by atoms with Crippen molar-refractivity contribution >= 4 is 29.2 Å². The molecular formula is C7H6Cl2N2O2. The van der Waals surface area contributed by atoms with Gasteiger partial charge in [-0.25, -0.2) is 4.98 Å². The molecule has 0 aliphatic rings. The van der Waals surface area contributed by atoms with E-state index in [0.717, 1.165) is 0 Å². The van der Waals surface area contributed by atoms with Gasteiger partial charge in [0.1, 0.15) is 11.2 Å². The van der Waals surface area contributed by atoms with Gasteiger partial charge in [0.05, 0.1) is 5.02 Å². The Morgan fingerprint density at radius 1 is 1.62 bits per heavy atom. The third-order valence-electron chi connectivity index (χ3n) is 1.44. The van der Waals surface area contributed by atoms with Gasteiger partial charge in [0.25, 0.3) is 0 Å². The molecule has 0 aliphatic heterocycles. The van der Waals surface area contributed by atoms with Gasteiger partial charge >= 0.3 is 5.97 Å². The van der Waals surface area contributed by atoms with Gasteiger partial charge in [-0.1, -0.05) is 23.2 Å². The van der Waals surface area contributed by atoms with E-state index in [-0.39, 0.29) is 10.2 Å². The maximum atomic E-state index is 10.5. The van der Waals surface area contributed by atoms with Crippen LogP contribution in [0.3, 0.4) is 0 Å². The Morgan fingerprint density at radius 3 is 2.69 bits per heavy atom. The molecule has 1 aromatic heterocycles. The smallest absolute Gasteiger partial charge is 0.325 e. The van der Waals surface area contributed by atoms with Crippen LogP contribution in [0.1, 0.15) is 11.6 Å². The van der Waals surface area contributed by atoms with Gasteiger partial charge in [0.15, 0.2) is 0 Å². The lowest BCUT2D eigenvalue weighted by Gasteiger charge is -2.06. The fourth-order valence-corrected chi connectivity index (χ4v) is 1.03. The van der Waals surface area contributed by atoms with Gasteiger partial charge in [0, 0.05) is 6.20 Å². The topological polar surface area (TPSA) is 76.2 Å². The van der Waals surface area contributed by atoms with E-state index >= 15 is 0 Å². The first-order valence-corrected chi connectivity index (χ1v) is 4.07. The summed E-state index contributed by atoms with van der Waals surface area (Å²) in [5, 5.41) is 8.89. The summed E-state index contributed by atoms with van der Waals surface area (Å²) in [6, 6.07) is 0.262. The molecule has 0 saturated heterocycles. The molecule has 4 nitrogen and oxygen atoms in total. The van der Waals surface area contributed by atoms with Gasteiger partial charge in [-0.2, -0.15) is 0 Å². The molecule has 0 aromatic carbocycles. The second kappa shape index (κ2) is 3.91. The predicted molar refractivity (Wildman–Crippen MR) is 48.8 cm³/mol. The van der Waals surface area contributed by atoms with Gasteiger partial charge in [-0.15, -0.1) is 0 Å². The van der Waals surface area contributed by atoms with Crippen molar-refractivity contribution in [2.75, 3.05) is 0 Å². The Morgan fingerprint density at radius 2 is 2.23 bits per heavy atom. The number of pyridine rings is 1. The highest BCUT2D eigenvalue weighted by molar-refractivity contribution is 6.41. The standard InChI is InChI=1S/C7H6Cl2N2O2/c8-4-1-3(2-11-6(4)9)5(10)7(12)13/h1-2,5H,10H2,(H,12,13)/t5-/m1/s1. The van der Waals surface area contributed by atoms with E-state index in [0.29, 0.717) is 5.56 Å². The molecule has 0 aliphatic carbocycles. The zero-order valence-corrected chi connectivity index (χ0v) is 7.88. The third-order valence-corrected chi connectivity index (χ3v) is 2.13. The molecule has 13 heavy (non-hydrogen) atoms. The van der Waals surface area contributed by atoms with Crippen molar-refractivity contribution in [3.05, 3.63) is 28.0 Å². The largest absolute Gasteiger partial charge is 0.480 e. The van der Waals surface area contributed by atoms with Crippen LogP contribution in [0, 0.1) is 0 Å². The molecule has 6 heteroatoms. The monoisotopic (exact) mass is 220 g/mol. The molecule has 0 radical (unpaired) electrons. The highest BCUT2D eigenvalue weighted by atomic mass is 35.5. The lowest BCUT2D eigenvalue weighted by Crippen LogP contribution is -2.20. The summed E-state index contributed by atoms with van der Waals surface area (Å²) in [5.41, 5.74) is 5.64. The molecule has 1 aromatic rings. The number of rotatable bonds is 2. The van der Waals surface area contributed by atoms with E-state index < -0.39 is 12.0 Å². The van der Waals surface area contributed by atoms with Crippen molar-refractivity contribution in [1.29, 1.82) is 0 Å². The van der Waals surface area contributed by atoms with Crippen LogP contribution in [0.2, 0.25) is 10.2 Å². The molecule has 0 unspecified atom stereocenters. The van der Waals surface area contributed by atoms with E-state index in [4.69, 9.17) is 34.0 Å². The SMILES string of the molecule is N[C@@H](C(=O)O)c1cnc(Cl)c(Cl)c1. The van der Waals surface area contributed by atoms with Gasteiger partial charge in [-0.05, 0) is 11.6 Å². The van der Waals surface area contributed by atoms with E-state index in [1.165, 1.54) is 12.3 Å². The molecule has 1 rings (SSSR count). The predicted octanol–water partition coefficient (Wildman–Crippen LogP) is 1.47. The number of aromatic nitrogens is 1. The molecule has 0 amide bonds. The second-order valence-corrected chi connectivity index (χ2v) is 3.12. The van der Waals surface area contributed by atoms with Gasteiger partial charge in [0.2, 0.25) is 0 Å². The molecular weight excluding hydrogens is 215 g/mol. The van der Waals surface area contributed by atoms with Crippen LogP contribution >= 0.6 is 23.2 Å². The van der Waals surface area contributed by atoms with Crippen molar-refractivity contribution < 1.29 is 9.90 Å². The molecule has 1 heterocycles. The van der Waals surface area contributed by atoms with Gasteiger partial charge < -0.3 is 10.8 Å². The zero-order valence-electron chi connectivity index (χ0n) is 6.37. The van der Waals surface area contributed by atoms with Crippen molar-refractivity contribution in [1.82, 2.24) is 4.98 Å². The minimum atomic E-state index is -1.14. The second-order valence-electron chi connectivity index (χ2n) is 2.36. The Kier molecular flexibility index (Phi) is 3.08. The van der Waals surface area contributed by atoms with Crippen molar-refractivity contribution in [2.24, 2.45) is 5.73 Å². The summed E-state index contributed by atoms with van der Waals surface area (Å²) in [6.45, 7) is 0. The zero-order chi connectivity index (χ0) is 10.0. The molecule has 0 saturated carbocycles. The minimum Gasteiger partial charge on any atom is -0.480 e. The van der Waals surface area contributed by atoms with Crippen molar-refractivity contribution in [3.8, 4) is 0 Å². The molecule has 0 bridgehead atoms. The lowest BCUT2D eigenvalue weighted by atomic mass is 10.1.